The van der Waals surface area contributed by atoms with Crippen molar-refractivity contribution in [1.82, 2.24) is 4.90 Å². The minimum Gasteiger partial charge on any atom is -0.359 e. The summed E-state index contributed by atoms with van der Waals surface area (Å²) in [5.74, 6) is 0. The molecule has 1 aliphatic rings. The molecule has 1 atom stereocenters. The number of hydrogen-bond donors (Lipinski definition) is 0. The lowest BCUT2D eigenvalue weighted by Crippen LogP contribution is -2.54. The van der Waals surface area contributed by atoms with Crippen molar-refractivity contribution >= 4 is 0 Å². The van der Waals surface area contributed by atoms with Gasteiger partial charge < -0.3 is 4.74 Å². The minimum absolute atomic E-state index is 0.186. The summed E-state index contributed by atoms with van der Waals surface area (Å²) >= 11 is 0. The van der Waals surface area contributed by atoms with Crippen LogP contribution in [0.25, 0.3) is 0 Å². The molecule has 92 valence electrons. The Morgan fingerprint density at radius 3 is 2.82 bits per heavy atom. The van der Waals surface area contributed by atoms with E-state index in [9.17, 15) is 10.1 Å². The lowest BCUT2D eigenvalue weighted by Gasteiger charge is -2.34. The smallest absolute Gasteiger partial charge is 0.254 e. The summed E-state index contributed by atoms with van der Waals surface area (Å²) in [6, 6.07) is 9.91. The van der Waals surface area contributed by atoms with Crippen molar-refractivity contribution in [3.63, 3.8) is 0 Å². The molecule has 1 heterocycles. The second-order valence-electron chi connectivity index (χ2n) is 4.70. The molecule has 0 N–H and O–H groups in total. The third kappa shape index (κ3) is 2.81. The lowest BCUT2D eigenvalue weighted by atomic mass is 10.0. The maximum absolute atomic E-state index is 11.0. The zero-order chi connectivity index (χ0) is 12.3. The van der Waals surface area contributed by atoms with Crippen molar-refractivity contribution in [3.05, 3.63) is 46.0 Å². The summed E-state index contributed by atoms with van der Waals surface area (Å²) in [5, 5.41) is 11.0. The van der Waals surface area contributed by atoms with Gasteiger partial charge in [-0.05, 0) is 5.56 Å². The van der Waals surface area contributed by atoms with Gasteiger partial charge in [-0.1, -0.05) is 30.3 Å². The Labute approximate surface area is 100 Å². The summed E-state index contributed by atoms with van der Waals surface area (Å²) in [5.41, 5.74) is 0.149. The molecule has 1 fully saturated rings. The molecule has 0 amide bonds. The van der Waals surface area contributed by atoms with Gasteiger partial charge in [0.05, 0.1) is 13.3 Å². The van der Waals surface area contributed by atoms with Crippen molar-refractivity contribution < 1.29 is 9.66 Å². The highest BCUT2D eigenvalue weighted by Gasteiger charge is 2.42. The monoisotopic (exact) mass is 236 g/mol. The van der Waals surface area contributed by atoms with Crippen molar-refractivity contribution in [1.29, 1.82) is 0 Å². The van der Waals surface area contributed by atoms with Gasteiger partial charge in [-0.2, -0.15) is 0 Å². The fourth-order valence-corrected chi connectivity index (χ4v) is 2.02. The molecule has 0 bridgehead atoms. The predicted octanol–water partition coefficient (Wildman–Crippen LogP) is 1.51. The number of benzene rings is 1. The first kappa shape index (κ1) is 12.0. The maximum atomic E-state index is 11.0. The Morgan fingerprint density at radius 1 is 1.47 bits per heavy atom. The molecule has 1 saturated heterocycles. The molecule has 17 heavy (non-hydrogen) atoms. The van der Waals surface area contributed by atoms with Crippen molar-refractivity contribution in [3.8, 4) is 0 Å². The van der Waals surface area contributed by atoms with E-state index in [0.29, 0.717) is 19.8 Å². The number of nitrogens with zero attached hydrogens (tertiary/aromatic N) is 2. The Hall–Kier alpha value is -1.46. The van der Waals surface area contributed by atoms with E-state index in [-0.39, 0.29) is 11.5 Å². The standard InChI is InChI=1S/C12H16N2O3/c1-12(14(15)16)8-13(10-17-9-12)7-11-5-3-2-4-6-11/h2-6H,7-10H2,1H3/t12-/m0/s1. The fraction of sp³-hybridized carbons (Fsp3) is 0.500. The molecule has 0 spiro atoms. The van der Waals surface area contributed by atoms with Crippen LogP contribution in [-0.2, 0) is 11.3 Å². The second kappa shape index (κ2) is 4.81. The van der Waals surface area contributed by atoms with Gasteiger partial charge in [-0.15, -0.1) is 0 Å². The van der Waals surface area contributed by atoms with Crippen LogP contribution >= 0.6 is 0 Å². The molecule has 0 aromatic heterocycles. The molecule has 2 rings (SSSR count). The van der Waals surface area contributed by atoms with Gasteiger partial charge in [-0.3, -0.25) is 15.0 Å². The van der Waals surface area contributed by atoms with Gasteiger partial charge >= 0.3 is 0 Å². The van der Waals surface area contributed by atoms with Crippen LogP contribution in [0.1, 0.15) is 12.5 Å². The van der Waals surface area contributed by atoms with Crippen LogP contribution in [0, 0.1) is 10.1 Å². The van der Waals surface area contributed by atoms with Gasteiger partial charge in [0.15, 0.2) is 0 Å². The van der Waals surface area contributed by atoms with Crippen LogP contribution in [0.5, 0.6) is 0 Å². The van der Waals surface area contributed by atoms with Crippen LogP contribution in [0.3, 0.4) is 0 Å². The Kier molecular flexibility index (Phi) is 3.40. The molecular weight excluding hydrogens is 220 g/mol. The summed E-state index contributed by atoms with van der Waals surface area (Å²) < 4.78 is 5.32. The molecule has 0 radical (unpaired) electrons. The third-order valence-corrected chi connectivity index (χ3v) is 2.94. The first-order chi connectivity index (χ1) is 8.10. The summed E-state index contributed by atoms with van der Waals surface area (Å²) in [6.45, 7) is 3.38. The summed E-state index contributed by atoms with van der Waals surface area (Å²) in [4.78, 5) is 12.7. The minimum atomic E-state index is -0.993. The van der Waals surface area contributed by atoms with E-state index in [1.165, 1.54) is 0 Å². The number of hydrogen-bond acceptors (Lipinski definition) is 4. The van der Waals surface area contributed by atoms with Crippen LogP contribution in [0.2, 0.25) is 0 Å². The SMILES string of the molecule is C[C@@]1([N+](=O)[O-])COCN(Cc2ccccc2)C1. The number of ether oxygens (including phenoxy) is 1. The van der Waals surface area contributed by atoms with Crippen molar-refractivity contribution in [2.24, 2.45) is 0 Å². The Morgan fingerprint density at radius 2 is 2.18 bits per heavy atom. The quantitative estimate of drug-likeness (QED) is 0.589. The van der Waals surface area contributed by atoms with E-state index in [0.717, 1.165) is 5.56 Å². The van der Waals surface area contributed by atoms with Gasteiger partial charge in [0.1, 0.15) is 6.61 Å². The Balaban J connectivity index is 2.01. The molecule has 1 aromatic carbocycles. The van der Waals surface area contributed by atoms with Gasteiger partial charge in [0, 0.05) is 18.4 Å². The summed E-state index contributed by atoms with van der Waals surface area (Å²) in [7, 11) is 0. The van der Waals surface area contributed by atoms with Crippen LogP contribution in [-0.4, -0.2) is 35.2 Å². The van der Waals surface area contributed by atoms with E-state index in [1.54, 1.807) is 6.92 Å². The molecule has 5 heteroatoms. The maximum Gasteiger partial charge on any atom is 0.254 e. The number of rotatable bonds is 3. The van der Waals surface area contributed by atoms with Crippen molar-refractivity contribution in [2.75, 3.05) is 19.9 Å². The van der Waals surface area contributed by atoms with E-state index >= 15 is 0 Å². The van der Waals surface area contributed by atoms with Gasteiger partial charge in [-0.25, -0.2) is 0 Å². The normalized spacial score (nSPS) is 25.7. The van der Waals surface area contributed by atoms with E-state index in [2.05, 4.69) is 0 Å². The highest BCUT2D eigenvalue weighted by atomic mass is 16.6. The van der Waals surface area contributed by atoms with Gasteiger partial charge in [0.2, 0.25) is 0 Å². The first-order valence-electron chi connectivity index (χ1n) is 5.59. The average Bonchev–Trinajstić information content (AvgIpc) is 2.30. The summed E-state index contributed by atoms with van der Waals surface area (Å²) in [6.07, 6.45) is 0. The van der Waals surface area contributed by atoms with E-state index in [4.69, 9.17) is 4.74 Å². The zero-order valence-electron chi connectivity index (χ0n) is 9.83. The first-order valence-corrected chi connectivity index (χ1v) is 5.59. The van der Waals surface area contributed by atoms with Crippen LogP contribution in [0.4, 0.5) is 0 Å². The topological polar surface area (TPSA) is 55.6 Å². The highest BCUT2D eigenvalue weighted by molar-refractivity contribution is 5.14. The molecule has 5 nitrogen and oxygen atoms in total. The molecule has 1 aliphatic heterocycles. The molecule has 0 unspecified atom stereocenters. The van der Waals surface area contributed by atoms with Crippen molar-refractivity contribution in [2.45, 2.75) is 19.0 Å². The van der Waals surface area contributed by atoms with E-state index < -0.39 is 5.54 Å². The highest BCUT2D eigenvalue weighted by Crippen LogP contribution is 2.19. The molecule has 0 aliphatic carbocycles. The third-order valence-electron chi connectivity index (χ3n) is 2.94. The molecule has 1 aromatic rings. The van der Waals surface area contributed by atoms with Gasteiger partial charge in [0.25, 0.3) is 5.54 Å². The second-order valence-corrected chi connectivity index (χ2v) is 4.70. The Bertz CT molecular complexity index is 396. The molecular formula is C12H16N2O3. The molecule has 0 saturated carbocycles. The predicted molar refractivity (Wildman–Crippen MR) is 63.1 cm³/mol. The largest absolute Gasteiger partial charge is 0.359 e. The van der Waals surface area contributed by atoms with Crippen LogP contribution < -0.4 is 0 Å². The average molecular weight is 236 g/mol. The fourth-order valence-electron chi connectivity index (χ4n) is 2.02. The number of nitro groups is 1. The van der Waals surface area contributed by atoms with Crippen LogP contribution in [0.15, 0.2) is 30.3 Å². The van der Waals surface area contributed by atoms with E-state index in [1.807, 2.05) is 35.2 Å². The zero-order valence-corrected chi connectivity index (χ0v) is 9.83. The lowest BCUT2D eigenvalue weighted by molar-refractivity contribution is -0.576.